The van der Waals surface area contributed by atoms with Gasteiger partial charge in [-0.05, 0) is 43.3 Å². The minimum Gasteiger partial charge on any atom is -0.447 e. The van der Waals surface area contributed by atoms with Crippen molar-refractivity contribution in [2.45, 2.75) is 13.5 Å². The number of rotatable bonds is 9. The van der Waals surface area contributed by atoms with Gasteiger partial charge in [-0.25, -0.2) is 9.37 Å². The number of carbonyl (C=O) groups excluding carboxylic acids is 1. The molecule has 0 unspecified atom stereocenters. The van der Waals surface area contributed by atoms with Crippen molar-refractivity contribution in [3.05, 3.63) is 71.0 Å². The van der Waals surface area contributed by atoms with E-state index in [9.17, 15) is 9.18 Å². The second-order valence-corrected chi connectivity index (χ2v) is 6.84. The zero-order valence-electron chi connectivity index (χ0n) is 15.3. The van der Waals surface area contributed by atoms with Gasteiger partial charge in [-0.15, -0.1) is 11.3 Å². The minimum atomic E-state index is -0.353. The number of pyridine rings is 1. The molecule has 2 N–H and O–H groups in total. The molecule has 28 heavy (non-hydrogen) atoms. The van der Waals surface area contributed by atoms with Crippen molar-refractivity contribution in [3.8, 4) is 10.8 Å². The predicted molar refractivity (Wildman–Crippen MR) is 106 cm³/mol. The van der Waals surface area contributed by atoms with Gasteiger partial charge in [0, 0.05) is 23.7 Å². The van der Waals surface area contributed by atoms with Crippen LogP contribution in [-0.4, -0.2) is 24.2 Å². The number of hydrogen-bond acceptors (Lipinski definition) is 6. The Morgan fingerprint density at radius 2 is 2.11 bits per heavy atom. The van der Waals surface area contributed by atoms with Gasteiger partial charge in [-0.1, -0.05) is 6.07 Å². The number of ether oxygens (including phenoxy) is 2. The Bertz CT molecular complexity index is 915. The van der Waals surface area contributed by atoms with E-state index in [0.717, 1.165) is 4.88 Å². The summed E-state index contributed by atoms with van der Waals surface area (Å²) in [6, 6.07) is 13.0. The van der Waals surface area contributed by atoms with Gasteiger partial charge in [0.15, 0.2) is 5.06 Å². The van der Waals surface area contributed by atoms with Crippen molar-refractivity contribution in [1.29, 1.82) is 0 Å². The van der Waals surface area contributed by atoms with E-state index >= 15 is 0 Å². The first-order valence-corrected chi connectivity index (χ1v) is 9.53. The van der Waals surface area contributed by atoms with Gasteiger partial charge in [-0.2, -0.15) is 0 Å². The summed E-state index contributed by atoms with van der Waals surface area (Å²) >= 11 is 1.39. The monoisotopic (exact) mass is 401 g/mol. The van der Waals surface area contributed by atoms with Gasteiger partial charge < -0.3 is 20.1 Å². The minimum absolute atomic E-state index is 0.218. The van der Waals surface area contributed by atoms with E-state index in [1.165, 1.54) is 29.7 Å². The van der Waals surface area contributed by atoms with Gasteiger partial charge in [0.2, 0.25) is 0 Å². The Balaban J connectivity index is 1.50. The maximum Gasteiger partial charge on any atom is 0.253 e. The molecule has 0 aliphatic carbocycles. The topological polar surface area (TPSA) is 72.5 Å². The van der Waals surface area contributed by atoms with E-state index < -0.39 is 0 Å². The molecule has 0 fully saturated rings. The highest BCUT2D eigenvalue weighted by Gasteiger charge is 2.08. The Hall–Kier alpha value is -2.97. The molecule has 3 aromatic rings. The molecule has 8 heteroatoms. The summed E-state index contributed by atoms with van der Waals surface area (Å²) in [5.74, 6) is 0.503. The molecule has 0 aliphatic rings. The second kappa shape index (κ2) is 9.82. The fourth-order valence-electron chi connectivity index (χ4n) is 2.28. The molecule has 2 heterocycles. The molecule has 0 aliphatic heterocycles. The molecule has 0 atom stereocenters. The lowest BCUT2D eigenvalue weighted by Crippen LogP contribution is -2.22. The highest BCUT2D eigenvalue weighted by molar-refractivity contribution is 7.13. The molecule has 1 amide bonds. The number of aromatic nitrogens is 1. The van der Waals surface area contributed by atoms with E-state index in [4.69, 9.17) is 9.47 Å². The zero-order valence-corrected chi connectivity index (χ0v) is 16.1. The predicted octanol–water partition coefficient (Wildman–Crippen LogP) is 4.41. The van der Waals surface area contributed by atoms with Crippen LogP contribution < -0.4 is 15.4 Å². The molecule has 0 saturated heterocycles. The molecular formula is C20H20FN3O3S. The molecule has 3 rings (SSSR count). The van der Waals surface area contributed by atoms with Gasteiger partial charge in [0.05, 0.1) is 12.1 Å². The first-order chi connectivity index (χ1) is 13.6. The number of nitrogens with zero attached hydrogens (tertiary/aromatic N) is 1. The fraction of sp³-hybridized carbons (Fsp3) is 0.200. The van der Waals surface area contributed by atoms with E-state index in [1.807, 2.05) is 13.0 Å². The fourth-order valence-corrected chi connectivity index (χ4v) is 3.10. The van der Waals surface area contributed by atoms with Crippen molar-refractivity contribution in [2.75, 3.05) is 18.7 Å². The van der Waals surface area contributed by atoms with Crippen LogP contribution in [0.5, 0.6) is 10.8 Å². The number of benzene rings is 1. The van der Waals surface area contributed by atoms with Gasteiger partial charge in [0.1, 0.15) is 24.1 Å². The highest BCUT2D eigenvalue weighted by Crippen LogP contribution is 2.29. The van der Waals surface area contributed by atoms with Crippen molar-refractivity contribution in [2.24, 2.45) is 0 Å². The maximum atomic E-state index is 13.2. The molecule has 2 aromatic heterocycles. The van der Waals surface area contributed by atoms with Gasteiger partial charge in [0.25, 0.3) is 5.91 Å². The average Bonchev–Trinajstić information content (AvgIpc) is 3.14. The van der Waals surface area contributed by atoms with Crippen LogP contribution in [0.15, 0.2) is 54.7 Å². The first-order valence-electron chi connectivity index (χ1n) is 8.72. The van der Waals surface area contributed by atoms with Crippen molar-refractivity contribution < 1.29 is 18.7 Å². The molecule has 0 spiro atoms. The first kappa shape index (κ1) is 19.8. The highest BCUT2D eigenvalue weighted by atomic mass is 32.1. The van der Waals surface area contributed by atoms with Gasteiger partial charge >= 0.3 is 0 Å². The lowest BCUT2D eigenvalue weighted by molar-refractivity contribution is 0.0951. The zero-order chi connectivity index (χ0) is 19.8. The van der Waals surface area contributed by atoms with Crippen LogP contribution in [0, 0.1) is 5.82 Å². The van der Waals surface area contributed by atoms with Crippen LogP contribution >= 0.6 is 11.3 Å². The number of hydrogen-bond donors (Lipinski definition) is 2. The molecule has 1 aromatic carbocycles. The lowest BCUT2D eigenvalue weighted by Gasteiger charge is -2.07. The summed E-state index contributed by atoms with van der Waals surface area (Å²) in [4.78, 5) is 17.4. The molecule has 6 nitrogen and oxygen atoms in total. The van der Waals surface area contributed by atoms with Crippen LogP contribution in [0.2, 0.25) is 0 Å². The third-order valence-corrected chi connectivity index (χ3v) is 4.62. The van der Waals surface area contributed by atoms with Crippen LogP contribution in [0.25, 0.3) is 0 Å². The van der Waals surface area contributed by atoms with Crippen LogP contribution in [0.1, 0.15) is 22.2 Å². The second-order valence-electron chi connectivity index (χ2n) is 5.71. The van der Waals surface area contributed by atoms with E-state index in [0.29, 0.717) is 42.1 Å². The maximum absolute atomic E-state index is 13.2. The third-order valence-electron chi connectivity index (χ3n) is 3.66. The molecular weight excluding hydrogens is 381 g/mol. The summed E-state index contributed by atoms with van der Waals surface area (Å²) in [6.45, 7) is 3.26. The summed E-state index contributed by atoms with van der Waals surface area (Å²) in [6.07, 6.45) is 1.51. The van der Waals surface area contributed by atoms with E-state index in [2.05, 4.69) is 15.6 Å². The van der Waals surface area contributed by atoms with Crippen LogP contribution in [-0.2, 0) is 11.3 Å². The summed E-state index contributed by atoms with van der Waals surface area (Å²) in [7, 11) is 0. The smallest absolute Gasteiger partial charge is 0.253 e. The molecule has 0 saturated carbocycles. The summed E-state index contributed by atoms with van der Waals surface area (Å²) in [5, 5.41) is 6.47. The Morgan fingerprint density at radius 3 is 2.86 bits per heavy atom. The van der Waals surface area contributed by atoms with Crippen molar-refractivity contribution >= 4 is 23.1 Å². The van der Waals surface area contributed by atoms with Gasteiger partial charge in [-0.3, -0.25) is 4.79 Å². The lowest BCUT2D eigenvalue weighted by atomic mass is 10.2. The number of nitrogens with one attached hydrogen (secondary N) is 2. The number of halogens is 1. The third kappa shape index (κ3) is 5.77. The Morgan fingerprint density at radius 1 is 1.21 bits per heavy atom. The standard InChI is InChI=1S/C20H20FN3O3S/c1-2-26-13-24-18-8-6-14(11-22-18)20(25)23-12-17-7-9-19(28-17)27-16-5-3-4-15(21)10-16/h3-11H,2,12-13H2,1H3,(H,22,24)(H,23,25). The van der Waals surface area contributed by atoms with E-state index in [1.54, 1.807) is 30.3 Å². The van der Waals surface area contributed by atoms with Crippen LogP contribution in [0.3, 0.4) is 0 Å². The Labute approximate surface area is 166 Å². The van der Waals surface area contributed by atoms with E-state index in [-0.39, 0.29) is 11.7 Å². The number of thiophene rings is 1. The van der Waals surface area contributed by atoms with Crippen molar-refractivity contribution in [3.63, 3.8) is 0 Å². The molecule has 0 radical (unpaired) electrons. The average molecular weight is 401 g/mol. The molecule has 146 valence electrons. The SMILES string of the molecule is CCOCNc1ccc(C(=O)NCc2ccc(Oc3cccc(F)c3)s2)cn1. The van der Waals surface area contributed by atoms with Crippen molar-refractivity contribution in [1.82, 2.24) is 10.3 Å². The Kier molecular flexibility index (Phi) is 6.94. The number of amides is 1. The number of anilines is 1. The quantitative estimate of drug-likeness (QED) is 0.410. The van der Waals surface area contributed by atoms with Crippen LogP contribution in [0.4, 0.5) is 10.2 Å². The summed E-state index contributed by atoms with van der Waals surface area (Å²) < 4.78 is 24.0. The molecule has 0 bridgehead atoms. The summed E-state index contributed by atoms with van der Waals surface area (Å²) in [5.41, 5.74) is 0.467. The number of carbonyl (C=O) groups is 1. The largest absolute Gasteiger partial charge is 0.447 e. The normalized spacial score (nSPS) is 10.5.